The van der Waals surface area contributed by atoms with Crippen molar-refractivity contribution >= 4 is 5.78 Å². The van der Waals surface area contributed by atoms with Gasteiger partial charge in [-0.1, -0.05) is 126 Å². The van der Waals surface area contributed by atoms with Gasteiger partial charge in [-0.2, -0.15) is 12.1 Å². The van der Waals surface area contributed by atoms with E-state index in [1.165, 1.54) is 11.1 Å². The molecule has 2 aromatic carbocycles. The number of carbonyl (C=O) groups is 1. The largest absolute Gasteiger partial charge is 0.380 e. The van der Waals surface area contributed by atoms with Gasteiger partial charge < -0.3 is 21.1 Å². The van der Waals surface area contributed by atoms with Crippen LogP contribution in [0.5, 0.6) is 0 Å². The molecule has 1 aliphatic rings. The van der Waals surface area contributed by atoms with Gasteiger partial charge in [0.1, 0.15) is 5.78 Å². The summed E-state index contributed by atoms with van der Waals surface area (Å²) >= 11 is 0. The normalized spacial score (nSPS) is 15.2. The summed E-state index contributed by atoms with van der Waals surface area (Å²) in [5.74, 6) is 0.197. The molecule has 1 aliphatic carbocycles. The minimum atomic E-state index is -0.252. The van der Waals surface area contributed by atoms with Crippen molar-refractivity contribution in [2.24, 2.45) is 16.7 Å². The molecule has 5 nitrogen and oxygen atoms in total. The summed E-state index contributed by atoms with van der Waals surface area (Å²) in [5, 5.41) is 8.60. The molecule has 4 rings (SSSR count). The molecular formula is C33H45N3O2Y-2. The molecule has 0 saturated heterocycles. The van der Waals surface area contributed by atoms with E-state index in [0.717, 1.165) is 54.8 Å². The van der Waals surface area contributed by atoms with Crippen molar-refractivity contribution < 1.29 is 42.2 Å². The van der Waals surface area contributed by atoms with Gasteiger partial charge in [0.05, 0.1) is 6.10 Å². The van der Waals surface area contributed by atoms with E-state index in [1.807, 2.05) is 32.9 Å². The van der Waals surface area contributed by atoms with Crippen LogP contribution < -0.4 is 0 Å². The molecule has 6 heteroatoms. The van der Waals surface area contributed by atoms with E-state index >= 15 is 0 Å². The molecule has 0 aliphatic heterocycles. The molecule has 0 spiro atoms. The maximum atomic E-state index is 11.8. The van der Waals surface area contributed by atoms with Crippen molar-refractivity contribution in [2.75, 3.05) is 6.61 Å². The number of hydrogen-bond acceptors (Lipinski definition) is 4. The van der Waals surface area contributed by atoms with E-state index in [1.54, 1.807) is 4.68 Å². The SMILES string of the molecule is [CH2-]C(CC(C)(C)C)C(=O)C(C)(C)C.[CH2-]n1nnc2c1-c1ccccc1C(OCCCC)Cc1ccccc1-2.[Y]. The molecule has 1 radical (unpaired) electrons. The van der Waals surface area contributed by atoms with Gasteiger partial charge in [-0.05, 0) is 28.5 Å². The van der Waals surface area contributed by atoms with Gasteiger partial charge >= 0.3 is 0 Å². The predicted octanol–water partition coefficient (Wildman–Crippen LogP) is 8.15. The number of aromatic nitrogens is 3. The fourth-order valence-corrected chi connectivity index (χ4v) is 4.96. The fourth-order valence-electron chi connectivity index (χ4n) is 4.96. The van der Waals surface area contributed by atoms with Gasteiger partial charge in [-0.15, -0.1) is 5.92 Å². The number of fused-ring (bicyclic) bond motifs is 5. The Morgan fingerprint density at radius 2 is 1.67 bits per heavy atom. The summed E-state index contributed by atoms with van der Waals surface area (Å²) in [6.07, 6.45) is 3.92. The number of carbonyl (C=O) groups excluding carboxylic acids is 1. The zero-order chi connectivity index (χ0) is 28.1. The van der Waals surface area contributed by atoms with Crippen LogP contribution in [0.25, 0.3) is 22.5 Å². The van der Waals surface area contributed by atoms with E-state index < -0.39 is 0 Å². The molecule has 0 N–H and O–H groups in total. The smallest absolute Gasteiger partial charge is 0.111 e. The predicted molar refractivity (Wildman–Crippen MR) is 156 cm³/mol. The first-order chi connectivity index (χ1) is 17.8. The summed E-state index contributed by atoms with van der Waals surface area (Å²) in [6, 6.07) is 16.8. The van der Waals surface area contributed by atoms with Crippen LogP contribution >= 0.6 is 0 Å². The van der Waals surface area contributed by atoms with Crippen LogP contribution in [0.4, 0.5) is 0 Å². The standard InChI is InChI=1S/C21H22N3O.C12H23O.Y/c1-3-4-13-25-19-14-15-9-5-6-10-16(15)20-21(24(2)23-22-20)18-12-8-7-11-17(18)19;1-9(8-11(2,3)4)10(13)12(5,6)7;/h5-12,19H,2-4,13-14H2,1H3;9H,1,8H2,2-7H3;/q2*-1;. The third-order valence-corrected chi connectivity index (χ3v) is 6.76. The second-order valence-corrected chi connectivity index (χ2v) is 12.5. The molecule has 1 aromatic heterocycles. The van der Waals surface area contributed by atoms with Crippen LogP contribution in [0.3, 0.4) is 0 Å². The zero-order valence-electron chi connectivity index (χ0n) is 25.0. The summed E-state index contributed by atoms with van der Waals surface area (Å²) in [5.41, 5.74) is 6.42. The van der Waals surface area contributed by atoms with Crippen molar-refractivity contribution in [1.82, 2.24) is 15.0 Å². The number of ether oxygens (including phenoxy) is 1. The van der Waals surface area contributed by atoms with Gasteiger partial charge in [-0.3, -0.25) is 0 Å². The third-order valence-electron chi connectivity index (χ3n) is 6.76. The first kappa shape index (κ1) is 33.4. The number of nitrogens with zero attached hydrogens (tertiary/aromatic N) is 3. The van der Waals surface area contributed by atoms with Crippen LogP contribution in [0.1, 0.15) is 85.0 Å². The number of hydrogen-bond donors (Lipinski definition) is 0. The van der Waals surface area contributed by atoms with Crippen molar-refractivity contribution in [3.05, 3.63) is 73.6 Å². The minimum Gasteiger partial charge on any atom is -0.380 e. The molecule has 0 saturated carbocycles. The second kappa shape index (κ2) is 14.2. The van der Waals surface area contributed by atoms with Crippen molar-refractivity contribution in [1.29, 1.82) is 0 Å². The Labute approximate surface area is 261 Å². The Bertz CT molecular complexity index is 1220. The van der Waals surface area contributed by atoms with Gasteiger partial charge in [0.15, 0.2) is 0 Å². The number of rotatable bonds is 6. The van der Waals surface area contributed by atoms with Gasteiger partial charge in [0.25, 0.3) is 0 Å². The number of benzene rings is 2. The van der Waals surface area contributed by atoms with Gasteiger partial charge in [0.2, 0.25) is 0 Å². The first-order valence-electron chi connectivity index (χ1n) is 13.8. The Kier molecular flexibility index (Phi) is 12.1. The monoisotopic (exact) mass is 604 g/mol. The van der Waals surface area contributed by atoms with Gasteiger partial charge in [-0.25, -0.2) is 0 Å². The van der Waals surface area contributed by atoms with E-state index in [-0.39, 0.29) is 61.3 Å². The number of ketones is 1. The van der Waals surface area contributed by atoms with Crippen molar-refractivity contribution in [3.63, 3.8) is 0 Å². The second-order valence-electron chi connectivity index (χ2n) is 12.5. The molecule has 0 amide bonds. The first-order valence-corrected chi connectivity index (χ1v) is 13.8. The Balaban J connectivity index is 0.000000328. The van der Waals surface area contributed by atoms with E-state index in [0.29, 0.717) is 0 Å². The molecule has 0 bridgehead atoms. The Morgan fingerprint density at radius 1 is 1.05 bits per heavy atom. The molecule has 3 aromatic rings. The van der Waals surface area contributed by atoms with Crippen LogP contribution in [0.2, 0.25) is 0 Å². The molecule has 0 fully saturated rings. The molecule has 39 heavy (non-hydrogen) atoms. The minimum absolute atomic E-state index is 0. The van der Waals surface area contributed by atoms with Crippen LogP contribution in [-0.4, -0.2) is 27.4 Å². The van der Waals surface area contributed by atoms with Crippen LogP contribution in [-0.2, 0) is 48.7 Å². The molecule has 1 heterocycles. The average molecular weight is 605 g/mol. The zero-order valence-corrected chi connectivity index (χ0v) is 27.8. The summed E-state index contributed by atoms with van der Waals surface area (Å²) in [4.78, 5) is 11.8. The van der Waals surface area contributed by atoms with E-state index in [9.17, 15) is 4.79 Å². The molecular weight excluding hydrogens is 559 g/mol. The maximum absolute atomic E-state index is 11.8. The third kappa shape index (κ3) is 8.83. The Morgan fingerprint density at radius 3 is 2.28 bits per heavy atom. The average Bonchev–Trinajstić information content (AvgIpc) is 3.21. The Hall–Kier alpha value is -1.82. The molecule has 2 atom stereocenters. The summed E-state index contributed by atoms with van der Waals surface area (Å²) in [6.45, 7) is 19.2. The van der Waals surface area contributed by atoms with Crippen molar-refractivity contribution in [2.45, 2.75) is 80.3 Å². The summed E-state index contributed by atoms with van der Waals surface area (Å²) < 4.78 is 7.93. The van der Waals surface area contributed by atoms with Crippen LogP contribution in [0.15, 0.2) is 48.5 Å². The molecule has 2 unspecified atom stereocenters. The molecule has 209 valence electrons. The number of Topliss-reactive ketones (excluding diaryl/α,β-unsaturated/α-hetero) is 1. The summed E-state index contributed by atoms with van der Waals surface area (Å²) in [7, 11) is 4.04. The topological polar surface area (TPSA) is 57.0 Å². The van der Waals surface area contributed by atoms with Crippen LogP contribution in [0, 0.1) is 30.7 Å². The fraction of sp³-hybridized carbons (Fsp3) is 0.485. The van der Waals surface area contributed by atoms with Crippen molar-refractivity contribution in [3.8, 4) is 22.5 Å². The van der Waals surface area contributed by atoms with Gasteiger partial charge in [0, 0.05) is 56.8 Å². The quantitative estimate of drug-likeness (QED) is 0.211. The van der Waals surface area contributed by atoms with E-state index in [4.69, 9.17) is 4.74 Å². The number of unbranched alkanes of at least 4 members (excludes halogenated alkanes) is 1. The maximum Gasteiger partial charge on any atom is 0.111 e. The van der Waals surface area contributed by atoms with E-state index in [2.05, 4.69) is 88.4 Å².